The van der Waals surface area contributed by atoms with Gasteiger partial charge in [-0.2, -0.15) is 0 Å². The molecule has 152 valence electrons. The zero-order valence-electron chi connectivity index (χ0n) is 17.3. The van der Waals surface area contributed by atoms with Crippen LogP contribution in [0.4, 0.5) is 5.82 Å². The van der Waals surface area contributed by atoms with Crippen molar-refractivity contribution in [1.29, 1.82) is 0 Å². The van der Waals surface area contributed by atoms with Crippen LogP contribution in [0.1, 0.15) is 53.7 Å². The van der Waals surface area contributed by atoms with E-state index in [1.54, 1.807) is 11.3 Å². The fourth-order valence-corrected chi connectivity index (χ4v) is 4.16. The minimum absolute atomic E-state index is 0.610. The molecule has 0 amide bonds. The smallest absolute Gasteiger partial charge is 0.191 e. The van der Waals surface area contributed by atoms with Crippen LogP contribution in [0.25, 0.3) is 0 Å². The van der Waals surface area contributed by atoms with Gasteiger partial charge in [0.25, 0.3) is 0 Å². The Morgan fingerprint density at radius 3 is 2.54 bits per heavy atom. The van der Waals surface area contributed by atoms with Crippen molar-refractivity contribution in [2.24, 2.45) is 4.99 Å². The van der Waals surface area contributed by atoms with Crippen LogP contribution in [0.15, 0.2) is 23.3 Å². The molecule has 3 rings (SSSR count). The van der Waals surface area contributed by atoms with Gasteiger partial charge in [-0.3, -0.25) is 0 Å². The Hall–Kier alpha value is -2.15. The maximum Gasteiger partial charge on any atom is 0.191 e. The lowest BCUT2D eigenvalue weighted by molar-refractivity contribution is 0.726. The average molecular weight is 401 g/mol. The molecule has 0 saturated carbocycles. The predicted molar refractivity (Wildman–Crippen MR) is 118 cm³/mol. The number of aryl methyl sites for hydroxylation is 2. The molecular weight excluding hydrogens is 368 g/mol. The Morgan fingerprint density at radius 1 is 1.14 bits per heavy atom. The first kappa shape index (κ1) is 20.6. The van der Waals surface area contributed by atoms with Crippen LogP contribution in [0, 0.1) is 13.8 Å². The Morgan fingerprint density at radius 2 is 1.93 bits per heavy atom. The van der Waals surface area contributed by atoms with E-state index in [1.165, 1.54) is 30.6 Å². The summed E-state index contributed by atoms with van der Waals surface area (Å²) in [7, 11) is 0. The zero-order valence-corrected chi connectivity index (χ0v) is 18.1. The van der Waals surface area contributed by atoms with E-state index in [1.807, 2.05) is 6.20 Å². The van der Waals surface area contributed by atoms with Gasteiger partial charge in [0, 0.05) is 30.7 Å². The Labute approximate surface area is 172 Å². The van der Waals surface area contributed by atoms with Gasteiger partial charge in [0.2, 0.25) is 0 Å². The van der Waals surface area contributed by atoms with E-state index in [9.17, 15) is 0 Å². The van der Waals surface area contributed by atoms with Crippen LogP contribution in [-0.2, 0) is 13.1 Å². The molecule has 0 bridgehead atoms. The molecule has 2 N–H and O–H groups in total. The normalized spacial score (nSPS) is 15.4. The summed E-state index contributed by atoms with van der Waals surface area (Å²) in [5.41, 5.74) is 2.23. The molecule has 2 aromatic rings. The van der Waals surface area contributed by atoms with E-state index in [4.69, 9.17) is 4.99 Å². The van der Waals surface area contributed by atoms with Crippen LogP contribution in [0.3, 0.4) is 0 Å². The number of guanidine groups is 1. The molecule has 0 unspecified atom stereocenters. The molecule has 28 heavy (non-hydrogen) atoms. The molecule has 0 spiro atoms. The monoisotopic (exact) mass is 400 g/mol. The van der Waals surface area contributed by atoms with E-state index in [2.05, 4.69) is 58.4 Å². The minimum atomic E-state index is 0.610. The molecule has 1 aliphatic rings. The third-order valence-electron chi connectivity index (χ3n) is 4.98. The van der Waals surface area contributed by atoms with Gasteiger partial charge in [0.05, 0.1) is 18.8 Å². The molecule has 0 aliphatic carbocycles. The summed E-state index contributed by atoms with van der Waals surface area (Å²) in [4.78, 5) is 17.6. The second kappa shape index (κ2) is 10.4. The number of thiazole rings is 1. The van der Waals surface area contributed by atoms with E-state index >= 15 is 0 Å². The van der Waals surface area contributed by atoms with Crippen LogP contribution in [0.2, 0.25) is 0 Å². The summed E-state index contributed by atoms with van der Waals surface area (Å²) in [6.07, 6.45) is 7.17. The van der Waals surface area contributed by atoms with E-state index in [0.717, 1.165) is 47.7 Å². The second-order valence-electron chi connectivity index (χ2n) is 7.22. The number of pyridine rings is 1. The Kier molecular flexibility index (Phi) is 7.65. The molecule has 6 nitrogen and oxygen atoms in total. The highest BCUT2D eigenvalue weighted by Crippen LogP contribution is 2.18. The van der Waals surface area contributed by atoms with Gasteiger partial charge in [-0.15, -0.1) is 11.3 Å². The lowest BCUT2D eigenvalue weighted by Gasteiger charge is -2.21. The highest BCUT2D eigenvalue weighted by atomic mass is 32.1. The zero-order chi connectivity index (χ0) is 19.8. The number of anilines is 1. The lowest BCUT2D eigenvalue weighted by atomic mass is 10.2. The Bertz CT molecular complexity index is 740. The molecule has 0 aromatic carbocycles. The van der Waals surface area contributed by atoms with Crippen molar-refractivity contribution in [1.82, 2.24) is 20.6 Å². The predicted octanol–water partition coefficient (Wildman–Crippen LogP) is 3.79. The number of hydrogen-bond acceptors (Lipinski definition) is 5. The van der Waals surface area contributed by atoms with Crippen LogP contribution in [-0.4, -0.2) is 35.6 Å². The Balaban J connectivity index is 1.57. The van der Waals surface area contributed by atoms with Gasteiger partial charge < -0.3 is 15.5 Å². The van der Waals surface area contributed by atoms with Gasteiger partial charge in [0.1, 0.15) is 10.8 Å². The maximum absolute atomic E-state index is 4.70. The number of nitrogens with zero attached hydrogens (tertiary/aromatic N) is 4. The summed E-state index contributed by atoms with van der Waals surface area (Å²) in [5, 5.41) is 7.76. The third-order valence-corrected chi connectivity index (χ3v) is 6.06. The summed E-state index contributed by atoms with van der Waals surface area (Å²) >= 11 is 1.73. The van der Waals surface area contributed by atoms with Crippen LogP contribution < -0.4 is 15.5 Å². The first-order chi connectivity index (χ1) is 13.7. The molecule has 1 saturated heterocycles. The standard InChI is InChI=1S/C21H32N6S/c1-4-22-21(25-15-20-26-16(2)17(3)28-20)24-14-18-9-10-19(23-13-18)27-11-7-5-6-8-12-27/h9-10,13H,4-8,11-12,14-15H2,1-3H3,(H2,22,24,25). The van der Waals surface area contributed by atoms with Gasteiger partial charge in [0.15, 0.2) is 5.96 Å². The molecule has 0 atom stereocenters. The van der Waals surface area contributed by atoms with Crippen molar-refractivity contribution in [2.75, 3.05) is 24.5 Å². The van der Waals surface area contributed by atoms with Gasteiger partial charge in [-0.05, 0) is 45.2 Å². The van der Waals surface area contributed by atoms with E-state index in [-0.39, 0.29) is 0 Å². The highest BCUT2D eigenvalue weighted by molar-refractivity contribution is 7.11. The number of aromatic nitrogens is 2. The van der Waals surface area contributed by atoms with Crippen LogP contribution >= 0.6 is 11.3 Å². The highest BCUT2D eigenvalue weighted by Gasteiger charge is 2.11. The van der Waals surface area contributed by atoms with Gasteiger partial charge in [-0.25, -0.2) is 15.0 Å². The fraction of sp³-hybridized carbons (Fsp3) is 0.571. The molecule has 3 heterocycles. The third kappa shape index (κ3) is 5.92. The van der Waals surface area contributed by atoms with Crippen LogP contribution in [0.5, 0.6) is 0 Å². The van der Waals surface area contributed by atoms with Crippen molar-refractivity contribution < 1.29 is 0 Å². The van der Waals surface area contributed by atoms with Gasteiger partial charge >= 0.3 is 0 Å². The minimum Gasteiger partial charge on any atom is -0.357 e. The average Bonchev–Trinajstić information content (AvgIpc) is 2.90. The van der Waals surface area contributed by atoms with Crippen molar-refractivity contribution in [3.05, 3.63) is 39.5 Å². The molecule has 7 heteroatoms. The SMILES string of the molecule is CCNC(=NCc1ccc(N2CCCCCC2)nc1)NCc1nc(C)c(C)s1. The second-order valence-corrected chi connectivity index (χ2v) is 8.51. The molecule has 0 radical (unpaired) electrons. The summed E-state index contributed by atoms with van der Waals surface area (Å²) in [6, 6.07) is 4.28. The van der Waals surface area contributed by atoms with E-state index in [0.29, 0.717) is 13.1 Å². The fourth-order valence-electron chi connectivity index (χ4n) is 3.28. The topological polar surface area (TPSA) is 65.4 Å². The summed E-state index contributed by atoms with van der Waals surface area (Å²) in [6.45, 7) is 10.6. The summed E-state index contributed by atoms with van der Waals surface area (Å²) < 4.78 is 0. The molecular formula is C21H32N6S. The molecule has 1 fully saturated rings. The van der Waals surface area contributed by atoms with Crippen molar-refractivity contribution in [3.8, 4) is 0 Å². The number of hydrogen-bond donors (Lipinski definition) is 2. The lowest BCUT2D eigenvalue weighted by Crippen LogP contribution is -2.36. The largest absolute Gasteiger partial charge is 0.357 e. The maximum atomic E-state index is 4.70. The first-order valence-corrected chi connectivity index (χ1v) is 11.1. The van der Waals surface area contributed by atoms with Crippen molar-refractivity contribution >= 4 is 23.1 Å². The number of nitrogens with one attached hydrogen (secondary N) is 2. The molecule has 1 aliphatic heterocycles. The quantitative estimate of drug-likeness (QED) is 0.570. The van der Waals surface area contributed by atoms with Crippen molar-refractivity contribution in [2.45, 2.75) is 59.5 Å². The molecule has 2 aromatic heterocycles. The number of aliphatic imine (C=N–C) groups is 1. The number of rotatable bonds is 6. The first-order valence-electron chi connectivity index (χ1n) is 10.3. The summed E-state index contributed by atoms with van der Waals surface area (Å²) in [5.74, 6) is 1.90. The van der Waals surface area contributed by atoms with Crippen molar-refractivity contribution in [3.63, 3.8) is 0 Å². The van der Waals surface area contributed by atoms with Gasteiger partial charge in [-0.1, -0.05) is 18.9 Å². The van der Waals surface area contributed by atoms with E-state index < -0.39 is 0 Å².